The molecule has 0 atom stereocenters. The van der Waals surface area contributed by atoms with Crippen molar-refractivity contribution in [1.82, 2.24) is 24.7 Å². The van der Waals surface area contributed by atoms with E-state index >= 15 is 0 Å². The van der Waals surface area contributed by atoms with Crippen LogP contribution in [0.3, 0.4) is 0 Å². The fourth-order valence-electron chi connectivity index (χ4n) is 2.84. The molecule has 0 spiro atoms. The van der Waals surface area contributed by atoms with Gasteiger partial charge in [-0.2, -0.15) is 14.9 Å². The van der Waals surface area contributed by atoms with Crippen molar-refractivity contribution >= 4 is 30.0 Å². The molecule has 0 aliphatic heterocycles. The minimum atomic E-state index is 0.346. The fraction of sp³-hybridized carbons (Fsp3) is 0.158. The summed E-state index contributed by atoms with van der Waals surface area (Å²) < 4.78 is 8.95. The second kappa shape index (κ2) is 7.21. The van der Waals surface area contributed by atoms with Gasteiger partial charge in [0.05, 0.1) is 29.4 Å². The Balaban J connectivity index is 1.77. The van der Waals surface area contributed by atoms with Crippen LogP contribution >= 0.6 is 23.8 Å². The maximum atomic E-state index is 6.64. The molecule has 7 nitrogen and oxygen atoms in total. The van der Waals surface area contributed by atoms with Crippen LogP contribution in [0.15, 0.2) is 46.1 Å². The number of aromatic amines is 1. The number of aryl methyl sites for hydroxylation is 3. The molecular formula is C19H17ClN6OS. The van der Waals surface area contributed by atoms with E-state index in [1.165, 1.54) is 4.68 Å². The van der Waals surface area contributed by atoms with E-state index in [4.69, 9.17) is 28.2 Å². The highest BCUT2D eigenvalue weighted by Gasteiger charge is 2.16. The van der Waals surface area contributed by atoms with Gasteiger partial charge in [0.25, 0.3) is 0 Å². The number of H-pyrrole nitrogens is 1. The third-order valence-corrected chi connectivity index (χ3v) is 4.96. The topological polar surface area (TPSA) is 76.9 Å². The van der Waals surface area contributed by atoms with Crippen molar-refractivity contribution in [2.75, 3.05) is 0 Å². The second-order valence-corrected chi connectivity index (χ2v) is 7.12. The number of furan rings is 1. The predicted octanol–water partition coefficient (Wildman–Crippen LogP) is 4.85. The molecule has 0 bridgehead atoms. The van der Waals surface area contributed by atoms with E-state index in [0.717, 1.165) is 22.5 Å². The van der Waals surface area contributed by atoms with Crippen LogP contribution in [0.2, 0.25) is 5.15 Å². The van der Waals surface area contributed by atoms with Gasteiger partial charge in [0.1, 0.15) is 5.15 Å². The Hall–Kier alpha value is -2.97. The van der Waals surface area contributed by atoms with Gasteiger partial charge in [-0.05, 0) is 62.3 Å². The lowest BCUT2D eigenvalue weighted by atomic mass is 10.1. The number of rotatable bonds is 4. The van der Waals surface area contributed by atoms with E-state index in [0.29, 0.717) is 27.1 Å². The third-order valence-electron chi connectivity index (χ3n) is 4.34. The summed E-state index contributed by atoms with van der Waals surface area (Å²) in [5.41, 5.74) is 4.60. The van der Waals surface area contributed by atoms with Crippen molar-refractivity contribution in [3.8, 4) is 17.3 Å². The molecule has 1 aromatic carbocycles. The van der Waals surface area contributed by atoms with E-state index in [1.807, 2.05) is 26.8 Å². The van der Waals surface area contributed by atoms with Crippen LogP contribution in [0, 0.1) is 25.5 Å². The first-order valence-electron chi connectivity index (χ1n) is 8.54. The molecule has 0 aliphatic rings. The summed E-state index contributed by atoms with van der Waals surface area (Å²) >= 11 is 11.9. The van der Waals surface area contributed by atoms with Gasteiger partial charge >= 0.3 is 0 Å². The predicted molar refractivity (Wildman–Crippen MR) is 111 cm³/mol. The number of halogens is 1. The normalized spacial score (nSPS) is 11.6. The summed E-state index contributed by atoms with van der Waals surface area (Å²) in [7, 11) is 0. The molecule has 3 heterocycles. The Kier molecular flexibility index (Phi) is 4.74. The zero-order chi connectivity index (χ0) is 19.8. The van der Waals surface area contributed by atoms with Crippen LogP contribution in [0.25, 0.3) is 17.3 Å². The number of nitrogens with zero attached hydrogens (tertiary/aromatic N) is 5. The minimum absolute atomic E-state index is 0.346. The van der Waals surface area contributed by atoms with Gasteiger partial charge in [0.15, 0.2) is 5.76 Å². The molecule has 3 aromatic heterocycles. The van der Waals surface area contributed by atoms with Crippen molar-refractivity contribution in [3.05, 3.63) is 68.9 Å². The van der Waals surface area contributed by atoms with Crippen molar-refractivity contribution in [2.45, 2.75) is 20.8 Å². The standard InChI is InChI=1S/C19H17ClN6OS/c1-11-6-7-12(2)15(9-11)25-17(20)14(13(3)24-25)10-21-26-18(22-23-19(26)28)16-5-4-8-27-16/h4-10H,1-3H3,(H,23,28)/b21-10+. The Bertz CT molecular complexity index is 1230. The molecule has 0 saturated carbocycles. The average molecular weight is 413 g/mol. The van der Waals surface area contributed by atoms with E-state index < -0.39 is 0 Å². The molecule has 0 aliphatic carbocycles. The first-order valence-corrected chi connectivity index (χ1v) is 9.32. The van der Waals surface area contributed by atoms with Crippen molar-refractivity contribution in [2.24, 2.45) is 5.10 Å². The largest absolute Gasteiger partial charge is 0.461 e. The molecule has 0 amide bonds. The highest BCUT2D eigenvalue weighted by Crippen LogP contribution is 2.25. The highest BCUT2D eigenvalue weighted by atomic mass is 35.5. The van der Waals surface area contributed by atoms with Crippen LogP contribution in [0.1, 0.15) is 22.4 Å². The zero-order valence-electron chi connectivity index (χ0n) is 15.5. The molecule has 142 valence electrons. The van der Waals surface area contributed by atoms with Crippen molar-refractivity contribution < 1.29 is 4.42 Å². The van der Waals surface area contributed by atoms with E-state index in [-0.39, 0.29) is 0 Å². The summed E-state index contributed by atoms with van der Waals surface area (Å²) in [5, 5.41) is 16.4. The van der Waals surface area contributed by atoms with Gasteiger partial charge in [-0.1, -0.05) is 23.7 Å². The molecule has 4 aromatic rings. The second-order valence-electron chi connectivity index (χ2n) is 6.38. The number of hydrogen-bond donors (Lipinski definition) is 1. The SMILES string of the molecule is Cc1ccc(C)c(-n2nc(C)c(/C=N/n3c(-c4ccco4)n[nH]c3=S)c2Cl)c1. The molecular weight excluding hydrogens is 396 g/mol. The average Bonchev–Trinajstić information content (AvgIpc) is 3.37. The van der Waals surface area contributed by atoms with Gasteiger partial charge in [0.2, 0.25) is 10.6 Å². The molecule has 4 rings (SSSR count). The van der Waals surface area contributed by atoms with Crippen molar-refractivity contribution in [3.63, 3.8) is 0 Å². The summed E-state index contributed by atoms with van der Waals surface area (Å²) in [6.07, 6.45) is 3.19. The van der Waals surface area contributed by atoms with Gasteiger partial charge in [-0.3, -0.25) is 0 Å². The van der Waals surface area contributed by atoms with Crippen LogP contribution in [-0.2, 0) is 0 Å². The maximum absolute atomic E-state index is 6.64. The zero-order valence-corrected chi connectivity index (χ0v) is 17.0. The fourth-order valence-corrected chi connectivity index (χ4v) is 3.34. The number of hydrogen-bond acceptors (Lipinski definition) is 5. The van der Waals surface area contributed by atoms with Crippen LogP contribution < -0.4 is 0 Å². The number of benzene rings is 1. The quantitative estimate of drug-likeness (QED) is 0.384. The smallest absolute Gasteiger partial charge is 0.219 e. The first-order chi connectivity index (χ1) is 13.5. The Morgan fingerprint density at radius 1 is 1.25 bits per heavy atom. The molecule has 0 saturated heterocycles. The highest BCUT2D eigenvalue weighted by molar-refractivity contribution is 7.71. The van der Waals surface area contributed by atoms with Gasteiger partial charge in [-0.25, -0.2) is 9.78 Å². The lowest BCUT2D eigenvalue weighted by molar-refractivity contribution is 0.573. The third kappa shape index (κ3) is 3.21. The van der Waals surface area contributed by atoms with Gasteiger partial charge in [-0.15, -0.1) is 5.10 Å². The lowest BCUT2D eigenvalue weighted by Crippen LogP contribution is -2.00. The summed E-state index contributed by atoms with van der Waals surface area (Å²) in [5.74, 6) is 1.03. The van der Waals surface area contributed by atoms with Gasteiger partial charge < -0.3 is 4.42 Å². The molecule has 0 unspecified atom stereocenters. The summed E-state index contributed by atoms with van der Waals surface area (Å²) in [4.78, 5) is 0. The Labute approximate surface area is 171 Å². The molecule has 28 heavy (non-hydrogen) atoms. The van der Waals surface area contributed by atoms with E-state index in [2.05, 4.69) is 32.5 Å². The van der Waals surface area contributed by atoms with Crippen molar-refractivity contribution in [1.29, 1.82) is 0 Å². The van der Waals surface area contributed by atoms with Crippen LogP contribution in [-0.4, -0.2) is 30.9 Å². The monoisotopic (exact) mass is 412 g/mol. The Morgan fingerprint density at radius 3 is 2.82 bits per heavy atom. The summed E-state index contributed by atoms with van der Waals surface area (Å²) in [6.45, 7) is 5.94. The van der Waals surface area contributed by atoms with E-state index in [9.17, 15) is 0 Å². The molecule has 1 N–H and O–H groups in total. The van der Waals surface area contributed by atoms with Crippen LogP contribution in [0.5, 0.6) is 0 Å². The Morgan fingerprint density at radius 2 is 2.07 bits per heavy atom. The molecule has 0 radical (unpaired) electrons. The maximum Gasteiger partial charge on any atom is 0.219 e. The van der Waals surface area contributed by atoms with E-state index in [1.54, 1.807) is 29.3 Å². The molecule has 0 fully saturated rings. The van der Waals surface area contributed by atoms with Gasteiger partial charge in [0, 0.05) is 0 Å². The summed E-state index contributed by atoms with van der Waals surface area (Å²) in [6, 6.07) is 9.72. The number of aromatic nitrogens is 5. The molecule has 9 heteroatoms. The lowest BCUT2D eigenvalue weighted by Gasteiger charge is -2.08. The minimum Gasteiger partial charge on any atom is -0.461 e. The van der Waals surface area contributed by atoms with Crippen LogP contribution in [0.4, 0.5) is 0 Å². The first kappa shape index (κ1) is 18.4. The number of nitrogens with one attached hydrogen (secondary N) is 1.